The van der Waals surface area contributed by atoms with Crippen LogP contribution in [0.25, 0.3) is 0 Å². The molecule has 0 fully saturated rings. The molecule has 178 valence electrons. The molecular formula is C27H24ClFN4O2. The van der Waals surface area contributed by atoms with Crippen molar-refractivity contribution >= 4 is 23.4 Å². The van der Waals surface area contributed by atoms with E-state index in [9.17, 15) is 14.0 Å². The highest BCUT2D eigenvalue weighted by Gasteiger charge is 2.25. The number of imidazole rings is 1. The summed E-state index contributed by atoms with van der Waals surface area (Å²) in [4.78, 5) is 30.6. The average molecular weight is 491 g/mol. The van der Waals surface area contributed by atoms with Gasteiger partial charge in [-0.25, -0.2) is 9.37 Å². The number of benzene rings is 3. The molecule has 0 spiro atoms. The Labute approximate surface area is 207 Å². The number of amides is 2. The lowest BCUT2D eigenvalue weighted by Crippen LogP contribution is -2.36. The zero-order valence-electron chi connectivity index (χ0n) is 19.0. The smallest absolute Gasteiger partial charge is 0.253 e. The predicted molar refractivity (Wildman–Crippen MR) is 132 cm³/mol. The molecule has 0 saturated carbocycles. The number of nitrogens with zero attached hydrogens (tertiary/aromatic N) is 2. The minimum absolute atomic E-state index is 0.0255. The molecule has 2 atom stereocenters. The van der Waals surface area contributed by atoms with E-state index in [1.165, 1.54) is 12.1 Å². The first kappa shape index (κ1) is 24.2. The van der Waals surface area contributed by atoms with Gasteiger partial charge in [-0.3, -0.25) is 9.59 Å². The van der Waals surface area contributed by atoms with Crippen molar-refractivity contribution in [3.63, 3.8) is 0 Å². The van der Waals surface area contributed by atoms with Crippen LogP contribution in [0.2, 0.25) is 5.02 Å². The SMILES string of the molecule is Cn1ccnc1[C@@H](NC(=O)C[C@@H](NC(=O)c1ccccc1Cl)c1ccccc1)c1ccc(F)cc1. The van der Waals surface area contributed by atoms with Crippen LogP contribution in [0.1, 0.15) is 45.8 Å². The average Bonchev–Trinajstić information content (AvgIpc) is 3.29. The second-order valence-electron chi connectivity index (χ2n) is 8.07. The van der Waals surface area contributed by atoms with Gasteiger partial charge in [-0.05, 0) is 35.4 Å². The molecule has 0 aliphatic carbocycles. The Morgan fingerprint density at radius 1 is 0.943 bits per heavy atom. The number of aryl methyl sites for hydroxylation is 1. The van der Waals surface area contributed by atoms with Gasteiger partial charge in [-0.2, -0.15) is 0 Å². The molecule has 1 aromatic heterocycles. The van der Waals surface area contributed by atoms with Gasteiger partial charge < -0.3 is 15.2 Å². The summed E-state index contributed by atoms with van der Waals surface area (Å²) in [5.41, 5.74) is 1.79. The van der Waals surface area contributed by atoms with Crippen molar-refractivity contribution in [1.82, 2.24) is 20.2 Å². The van der Waals surface area contributed by atoms with E-state index in [-0.39, 0.29) is 24.1 Å². The van der Waals surface area contributed by atoms with Gasteiger partial charge >= 0.3 is 0 Å². The Morgan fingerprint density at radius 2 is 1.63 bits per heavy atom. The van der Waals surface area contributed by atoms with Crippen molar-refractivity contribution in [1.29, 1.82) is 0 Å². The van der Waals surface area contributed by atoms with E-state index in [2.05, 4.69) is 15.6 Å². The molecule has 8 heteroatoms. The van der Waals surface area contributed by atoms with Gasteiger partial charge in [0.05, 0.1) is 23.0 Å². The maximum atomic E-state index is 13.5. The molecular weight excluding hydrogens is 467 g/mol. The predicted octanol–water partition coefficient (Wildman–Crippen LogP) is 4.98. The number of carbonyl (C=O) groups excluding carboxylic acids is 2. The fourth-order valence-corrected chi connectivity index (χ4v) is 4.05. The lowest BCUT2D eigenvalue weighted by Gasteiger charge is -2.23. The summed E-state index contributed by atoms with van der Waals surface area (Å²) in [6, 6.07) is 20.7. The molecule has 4 rings (SSSR count). The van der Waals surface area contributed by atoms with Crippen molar-refractivity contribution in [2.75, 3.05) is 0 Å². The number of aromatic nitrogens is 2. The summed E-state index contributed by atoms with van der Waals surface area (Å²) >= 11 is 6.20. The molecule has 0 bridgehead atoms. The number of rotatable bonds is 8. The second-order valence-corrected chi connectivity index (χ2v) is 8.48. The first-order valence-corrected chi connectivity index (χ1v) is 11.4. The molecule has 4 aromatic rings. The van der Waals surface area contributed by atoms with Crippen LogP contribution in [0.5, 0.6) is 0 Å². The zero-order chi connectivity index (χ0) is 24.8. The third-order valence-corrected chi connectivity index (χ3v) is 5.97. The minimum Gasteiger partial charge on any atom is -0.345 e. The summed E-state index contributed by atoms with van der Waals surface area (Å²) in [7, 11) is 1.82. The number of carbonyl (C=O) groups is 2. The molecule has 0 saturated heterocycles. The highest BCUT2D eigenvalue weighted by Crippen LogP contribution is 2.24. The lowest BCUT2D eigenvalue weighted by atomic mass is 10.0. The van der Waals surface area contributed by atoms with Crippen molar-refractivity contribution < 1.29 is 14.0 Å². The molecule has 35 heavy (non-hydrogen) atoms. The summed E-state index contributed by atoms with van der Waals surface area (Å²) in [5, 5.41) is 6.26. The Morgan fingerprint density at radius 3 is 2.29 bits per heavy atom. The molecule has 0 unspecified atom stereocenters. The number of hydrogen-bond donors (Lipinski definition) is 2. The largest absolute Gasteiger partial charge is 0.345 e. The summed E-state index contributed by atoms with van der Waals surface area (Å²) in [5.74, 6) is -0.460. The third kappa shape index (κ3) is 5.94. The highest BCUT2D eigenvalue weighted by atomic mass is 35.5. The minimum atomic E-state index is -0.602. The molecule has 2 amide bonds. The van der Waals surface area contributed by atoms with E-state index in [1.807, 2.05) is 37.4 Å². The van der Waals surface area contributed by atoms with Crippen LogP contribution in [0.15, 0.2) is 91.3 Å². The fraction of sp³-hybridized carbons (Fsp3) is 0.148. The number of halogens is 2. The molecule has 0 aliphatic rings. The topological polar surface area (TPSA) is 76.0 Å². The third-order valence-electron chi connectivity index (χ3n) is 5.64. The fourth-order valence-electron chi connectivity index (χ4n) is 3.83. The van der Waals surface area contributed by atoms with Crippen LogP contribution in [0.3, 0.4) is 0 Å². The van der Waals surface area contributed by atoms with Crippen LogP contribution in [0, 0.1) is 5.82 Å². The van der Waals surface area contributed by atoms with Gasteiger partial charge in [0.15, 0.2) is 0 Å². The van der Waals surface area contributed by atoms with Crippen molar-refractivity contribution in [3.8, 4) is 0 Å². The van der Waals surface area contributed by atoms with Gasteiger partial charge in [0.2, 0.25) is 5.91 Å². The Hall–Kier alpha value is -3.97. The lowest BCUT2D eigenvalue weighted by molar-refractivity contribution is -0.122. The monoisotopic (exact) mass is 490 g/mol. The van der Waals surface area contributed by atoms with Crippen molar-refractivity contribution in [2.24, 2.45) is 7.05 Å². The summed E-state index contributed by atoms with van der Waals surface area (Å²) in [6.07, 6.45) is 3.38. The quantitative estimate of drug-likeness (QED) is 0.366. The van der Waals surface area contributed by atoms with Gasteiger partial charge in [-0.15, -0.1) is 0 Å². The maximum Gasteiger partial charge on any atom is 0.253 e. The molecule has 6 nitrogen and oxygen atoms in total. The highest BCUT2D eigenvalue weighted by molar-refractivity contribution is 6.33. The normalized spacial score (nSPS) is 12.5. The standard InChI is InChI=1S/C27H24ClFN4O2/c1-33-16-15-30-26(33)25(19-11-13-20(29)14-12-19)32-24(34)17-23(18-7-3-2-4-8-18)31-27(35)21-9-5-6-10-22(21)28/h2-16,23,25H,17H2,1H3,(H,31,35)(H,32,34)/t23-,25+/m1/s1. The van der Waals surface area contributed by atoms with Gasteiger partial charge in [0, 0.05) is 19.4 Å². The molecule has 0 aliphatic heterocycles. The van der Waals surface area contributed by atoms with Crippen molar-refractivity contribution in [2.45, 2.75) is 18.5 Å². The Kier molecular flexibility index (Phi) is 7.57. The molecule has 3 aromatic carbocycles. The van der Waals surface area contributed by atoms with E-state index in [1.54, 1.807) is 53.4 Å². The van der Waals surface area contributed by atoms with E-state index in [0.29, 0.717) is 22.0 Å². The van der Waals surface area contributed by atoms with E-state index in [4.69, 9.17) is 11.6 Å². The van der Waals surface area contributed by atoms with Crippen LogP contribution in [-0.4, -0.2) is 21.4 Å². The van der Waals surface area contributed by atoms with Gasteiger partial charge in [0.1, 0.15) is 17.7 Å². The zero-order valence-corrected chi connectivity index (χ0v) is 19.7. The Bertz CT molecular complexity index is 1310. The Balaban J connectivity index is 1.57. The number of nitrogens with one attached hydrogen (secondary N) is 2. The van der Waals surface area contributed by atoms with Crippen LogP contribution >= 0.6 is 11.6 Å². The second kappa shape index (κ2) is 11.0. The number of hydrogen-bond acceptors (Lipinski definition) is 3. The first-order chi connectivity index (χ1) is 16.9. The van der Waals surface area contributed by atoms with Crippen LogP contribution in [-0.2, 0) is 11.8 Å². The molecule has 1 heterocycles. The molecule has 0 radical (unpaired) electrons. The summed E-state index contributed by atoms with van der Waals surface area (Å²) < 4.78 is 15.3. The van der Waals surface area contributed by atoms with Gasteiger partial charge in [0.25, 0.3) is 5.91 Å². The van der Waals surface area contributed by atoms with Crippen LogP contribution < -0.4 is 10.6 Å². The van der Waals surface area contributed by atoms with Crippen LogP contribution in [0.4, 0.5) is 4.39 Å². The van der Waals surface area contributed by atoms with Crippen molar-refractivity contribution in [3.05, 3.63) is 125 Å². The first-order valence-electron chi connectivity index (χ1n) is 11.0. The van der Waals surface area contributed by atoms with E-state index in [0.717, 1.165) is 5.56 Å². The van der Waals surface area contributed by atoms with Gasteiger partial charge in [-0.1, -0.05) is 66.2 Å². The van der Waals surface area contributed by atoms with E-state index >= 15 is 0 Å². The van der Waals surface area contributed by atoms with E-state index < -0.39 is 12.1 Å². The summed E-state index contributed by atoms with van der Waals surface area (Å²) in [6.45, 7) is 0. The maximum absolute atomic E-state index is 13.5. The molecule has 2 N–H and O–H groups in total.